The number of carbonyl (C=O) groups is 2. The van der Waals surface area contributed by atoms with Crippen molar-refractivity contribution in [2.24, 2.45) is 0 Å². The number of aromatic hydroxyl groups is 1. The van der Waals surface area contributed by atoms with Gasteiger partial charge in [-0.15, -0.1) is 0 Å². The van der Waals surface area contributed by atoms with E-state index in [9.17, 15) is 14.7 Å². The van der Waals surface area contributed by atoms with Crippen molar-refractivity contribution in [3.05, 3.63) is 53.3 Å². The third kappa shape index (κ3) is 3.56. The molecule has 0 radical (unpaired) electrons. The lowest BCUT2D eigenvalue weighted by Gasteiger charge is -2.08. The van der Waals surface area contributed by atoms with Crippen molar-refractivity contribution in [2.75, 3.05) is 5.32 Å². The summed E-state index contributed by atoms with van der Waals surface area (Å²) in [6.45, 7) is 1.86. The second-order valence-electron chi connectivity index (χ2n) is 4.53. The fourth-order valence-corrected chi connectivity index (χ4v) is 1.85. The number of hydrogen-bond acceptors (Lipinski definition) is 4. The Hall–Kier alpha value is -2.89. The molecule has 0 saturated carbocycles. The third-order valence-corrected chi connectivity index (χ3v) is 2.96. The Morgan fingerprint density at radius 2 is 2.05 bits per heavy atom. The van der Waals surface area contributed by atoms with Gasteiger partial charge < -0.3 is 15.5 Å². The van der Waals surface area contributed by atoms with Crippen LogP contribution in [-0.2, 0) is 11.2 Å². The van der Waals surface area contributed by atoms with E-state index < -0.39 is 11.7 Å². The molecule has 21 heavy (non-hydrogen) atoms. The number of carboxylic acid groups (broad SMARTS) is 1. The molecule has 6 nitrogen and oxygen atoms in total. The Morgan fingerprint density at radius 1 is 1.29 bits per heavy atom. The number of amides is 1. The summed E-state index contributed by atoms with van der Waals surface area (Å²) in [5.74, 6) is -1.91. The van der Waals surface area contributed by atoms with E-state index in [-0.39, 0.29) is 17.9 Å². The summed E-state index contributed by atoms with van der Waals surface area (Å²) >= 11 is 0. The van der Waals surface area contributed by atoms with Crippen LogP contribution in [0.5, 0.6) is 5.75 Å². The van der Waals surface area contributed by atoms with Crippen molar-refractivity contribution >= 4 is 17.6 Å². The Balaban J connectivity index is 2.08. The number of aryl methyl sites for hydroxylation is 1. The number of pyridine rings is 1. The zero-order chi connectivity index (χ0) is 15.4. The standard InChI is InChI=1S/C15H14N2O4/c1-9-3-2-6-16-12(9)8-14(19)17-10-4-5-11(15(20)21)13(18)7-10/h2-7,18H,8H2,1H3,(H,17,19)(H,20,21). The molecule has 1 aromatic carbocycles. The second kappa shape index (κ2) is 6.04. The van der Waals surface area contributed by atoms with E-state index in [2.05, 4.69) is 10.3 Å². The number of rotatable bonds is 4. The van der Waals surface area contributed by atoms with E-state index in [4.69, 9.17) is 5.11 Å². The molecule has 0 aliphatic heterocycles. The van der Waals surface area contributed by atoms with Crippen LogP contribution in [0.2, 0.25) is 0 Å². The van der Waals surface area contributed by atoms with Crippen LogP contribution >= 0.6 is 0 Å². The van der Waals surface area contributed by atoms with E-state index >= 15 is 0 Å². The van der Waals surface area contributed by atoms with Crippen LogP contribution in [0, 0.1) is 6.92 Å². The normalized spacial score (nSPS) is 10.1. The first-order valence-corrected chi connectivity index (χ1v) is 6.24. The largest absolute Gasteiger partial charge is 0.507 e. The van der Waals surface area contributed by atoms with Crippen LogP contribution in [0.1, 0.15) is 21.6 Å². The Morgan fingerprint density at radius 3 is 2.67 bits per heavy atom. The van der Waals surface area contributed by atoms with Gasteiger partial charge in [-0.2, -0.15) is 0 Å². The van der Waals surface area contributed by atoms with Gasteiger partial charge in [0.1, 0.15) is 11.3 Å². The maximum Gasteiger partial charge on any atom is 0.339 e. The maximum absolute atomic E-state index is 11.9. The summed E-state index contributed by atoms with van der Waals surface area (Å²) < 4.78 is 0. The van der Waals surface area contributed by atoms with Gasteiger partial charge in [0, 0.05) is 18.0 Å². The molecular formula is C15H14N2O4. The molecule has 1 aromatic heterocycles. The molecule has 0 aliphatic rings. The number of benzene rings is 1. The van der Waals surface area contributed by atoms with Crippen molar-refractivity contribution in [2.45, 2.75) is 13.3 Å². The molecule has 0 fully saturated rings. The van der Waals surface area contributed by atoms with Crippen LogP contribution < -0.4 is 5.32 Å². The summed E-state index contributed by atoms with van der Waals surface area (Å²) in [7, 11) is 0. The number of carboxylic acids is 1. The van der Waals surface area contributed by atoms with Gasteiger partial charge in [0.2, 0.25) is 5.91 Å². The monoisotopic (exact) mass is 286 g/mol. The average molecular weight is 286 g/mol. The van der Waals surface area contributed by atoms with Gasteiger partial charge in [-0.05, 0) is 30.7 Å². The molecule has 2 rings (SSSR count). The van der Waals surface area contributed by atoms with Crippen LogP contribution in [0.3, 0.4) is 0 Å². The van der Waals surface area contributed by atoms with Crippen molar-refractivity contribution in [3.8, 4) is 5.75 Å². The van der Waals surface area contributed by atoms with Gasteiger partial charge in [0.15, 0.2) is 0 Å². The summed E-state index contributed by atoms with van der Waals surface area (Å²) in [4.78, 5) is 26.8. The highest BCUT2D eigenvalue weighted by molar-refractivity contribution is 5.95. The lowest BCUT2D eigenvalue weighted by molar-refractivity contribution is -0.115. The zero-order valence-electron chi connectivity index (χ0n) is 11.3. The predicted molar refractivity (Wildman–Crippen MR) is 76.4 cm³/mol. The minimum atomic E-state index is -1.23. The number of aromatic carboxylic acids is 1. The van der Waals surface area contributed by atoms with Gasteiger partial charge in [0.05, 0.1) is 12.1 Å². The minimum absolute atomic E-state index is 0.105. The Labute approximate surface area is 121 Å². The Kier molecular flexibility index (Phi) is 4.18. The fourth-order valence-electron chi connectivity index (χ4n) is 1.85. The van der Waals surface area contributed by atoms with Crippen LogP contribution in [0.4, 0.5) is 5.69 Å². The van der Waals surface area contributed by atoms with Crippen molar-refractivity contribution in [3.63, 3.8) is 0 Å². The lowest BCUT2D eigenvalue weighted by Crippen LogP contribution is -2.16. The third-order valence-electron chi connectivity index (χ3n) is 2.96. The van der Waals surface area contributed by atoms with Gasteiger partial charge in [0.25, 0.3) is 0 Å². The molecule has 0 saturated heterocycles. The van der Waals surface area contributed by atoms with Crippen molar-refractivity contribution in [1.82, 2.24) is 4.98 Å². The second-order valence-corrected chi connectivity index (χ2v) is 4.53. The summed E-state index contributed by atoms with van der Waals surface area (Å²) in [5, 5.41) is 21.0. The van der Waals surface area contributed by atoms with Crippen molar-refractivity contribution < 1.29 is 19.8 Å². The molecule has 3 N–H and O–H groups in total. The molecule has 0 atom stereocenters. The van der Waals surface area contributed by atoms with Crippen LogP contribution in [0.25, 0.3) is 0 Å². The molecular weight excluding hydrogens is 272 g/mol. The molecule has 1 amide bonds. The van der Waals surface area contributed by atoms with Crippen LogP contribution in [0.15, 0.2) is 36.5 Å². The van der Waals surface area contributed by atoms with E-state index in [1.165, 1.54) is 18.2 Å². The summed E-state index contributed by atoms with van der Waals surface area (Å²) in [5.41, 5.74) is 1.70. The number of aromatic nitrogens is 1. The first kappa shape index (κ1) is 14.5. The van der Waals surface area contributed by atoms with E-state index in [1.807, 2.05) is 13.0 Å². The number of nitrogens with zero attached hydrogens (tertiary/aromatic N) is 1. The van der Waals surface area contributed by atoms with Gasteiger partial charge in [-0.25, -0.2) is 4.79 Å². The topological polar surface area (TPSA) is 99.5 Å². The van der Waals surface area contributed by atoms with Gasteiger partial charge >= 0.3 is 5.97 Å². The molecule has 108 valence electrons. The average Bonchev–Trinajstić information content (AvgIpc) is 2.41. The number of nitrogens with one attached hydrogen (secondary N) is 1. The molecule has 0 unspecified atom stereocenters. The smallest absolute Gasteiger partial charge is 0.339 e. The number of hydrogen-bond donors (Lipinski definition) is 3. The first-order chi connectivity index (χ1) is 9.97. The molecule has 2 aromatic rings. The highest BCUT2D eigenvalue weighted by Crippen LogP contribution is 2.22. The van der Waals surface area contributed by atoms with Gasteiger partial charge in [-0.1, -0.05) is 6.07 Å². The SMILES string of the molecule is Cc1cccnc1CC(=O)Nc1ccc(C(=O)O)c(O)c1. The van der Waals surface area contributed by atoms with Crippen LogP contribution in [-0.4, -0.2) is 27.1 Å². The summed E-state index contributed by atoms with van der Waals surface area (Å²) in [6, 6.07) is 7.51. The van der Waals surface area contributed by atoms with Gasteiger partial charge in [-0.3, -0.25) is 9.78 Å². The fraction of sp³-hybridized carbons (Fsp3) is 0.133. The van der Waals surface area contributed by atoms with E-state index in [0.717, 1.165) is 5.56 Å². The first-order valence-electron chi connectivity index (χ1n) is 6.24. The maximum atomic E-state index is 11.9. The van der Waals surface area contributed by atoms with E-state index in [1.54, 1.807) is 12.3 Å². The summed E-state index contributed by atoms with van der Waals surface area (Å²) in [6.07, 6.45) is 1.72. The minimum Gasteiger partial charge on any atom is -0.507 e. The van der Waals surface area contributed by atoms with E-state index in [0.29, 0.717) is 11.4 Å². The molecule has 6 heteroatoms. The zero-order valence-corrected chi connectivity index (χ0v) is 11.3. The highest BCUT2D eigenvalue weighted by Gasteiger charge is 2.12. The predicted octanol–water partition coefficient (Wildman–Crippen LogP) is 1.98. The number of carbonyl (C=O) groups excluding carboxylic acids is 1. The molecule has 1 heterocycles. The molecule has 0 spiro atoms. The quantitative estimate of drug-likeness (QED) is 0.798. The molecule has 0 bridgehead atoms. The Bertz CT molecular complexity index is 698. The number of anilines is 1. The number of phenols is 1. The molecule has 0 aliphatic carbocycles. The van der Waals surface area contributed by atoms with Crippen molar-refractivity contribution in [1.29, 1.82) is 0 Å². The highest BCUT2D eigenvalue weighted by atomic mass is 16.4. The lowest BCUT2D eigenvalue weighted by atomic mass is 10.1.